The molecule has 0 aliphatic rings. The normalized spacial score (nSPS) is 10.2. The molecule has 13 heavy (non-hydrogen) atoms. The second-order valence-corrected chi connectivity index (χ2v) is 3.11. The van der Waals surface area contributed by atoms with Crippen LogP contribution >= 0.6 is 0 Å². The maximum Gasteiger partial charge on any atom is 0.236 e. The van der Waals surface area contributed by atoms with Gasteiger partial charge in [0.1, 0.15) is 6.42 Å². The number of amides is 2. The molecular weight excluding hydrogens is 170 g/mol. The molecule has 75 valence electrons. The van der Waals surface area contributed by atoms with E-state index in [9.17, 15) is 9.59 Å². The maximum atomic E-state index is 11.1. The van der Waals surface area contributed by atoms with E-state index in [1.54, 1.807) is 7.05 Å². The van der Waals surface area contributed by atoms with Gasteiger partial charge in [-0.25, -0.2) is 0 Å². The van der Waals surface area contributed by atoms with Crippen molar-refractivity contribution in [2.45, 2.75) is 0 Å². The Labute approximate surface area is 78.5 Å². The summed E-state index contributed by atoms with van der Waals surface area (Å²) in [7, 11) is 5.46. The molecule has 0 atom stereocenters. The lowest BCUT2D eigenvalue weighted by Gasteiger charge is -2.18. The van der Waals surface area contributed by atoms with Crippen molar-refractivity contribution >= 4 is 11.8 Å². The van der Waals surface area contributed by atoms with Crippen LogP contribution in [0.4, 0.5) is 0 Å². The molecule has 0 heterocycles. The van der Waals surface area contributed by atoms with Crippen molar-refractivity contribution in [2.75, 3.05) is 34.2 Å². The zero-order valence-electron chi connectivity index (χ0n) is 8.28. The Morgan fingerprint density at radius 2 is 1.77 bits per heavy atom. The van der Waals surface area contributed by atoms with E-state index >= 15 is 0 Å². The minimum Gasteiger partial charge on any atom is -0.369 e. The fourth-order valence-corrected chi connectivity index (χ4v) is 0.692. The molecule has 0 aliphatic heterocycles. The van der Waals surface area contributed by atoms with E-state index in [4.69, 9.17) is 5.73 Å². The number of hydrogen-bond donors (Lipinski definition) is 1. The van der Waals surface area contributed by atoms with E-state index < -0.39 is 5.91 Å². The third-order valence-electron chi connectivity index (χ3n) is 1.52. The Morgan fingerprint density at radius 3 is 2.15 bits per heavy atom. The number of nitrogens with two attached hydrogens (primary N) is 1. The summed E-state index contributed by atoms with van der Waals surface area (Å²) in [6.07, 6.45) is 0.885. The first kappa shape index (κ1) is 11.9. The van der Waals surface area contributed by atoms with Crippen LogP contribution in [0.3, 0.4) is 0 Å². The number of hydrogen-bond acceptors (Lipinski definition) is 3. The third kappa shape index (κ3) is 6.10. The minimum absolute atomic E-state index is 0.352. The first-order valence-corrected chi connectivity index (χ1v) is 3.97. The molecule has 2 amide bonds. The van der Waals surface area contributed by atoms with Gasteiger partial charge in [0.25, 0.3) is 0 Å². The topological polar surface area (TPSA) is 66.6 Å². The van der Waals surface area contributed by atoms with Gasteiger partial charge in [-0.1, -0.05) is 0 Å². The molecule has 5 nitrogen and oxygen atoms in total. The van der Waals surface area contributed by atoms with Crippen LogP contribution < -0.4 is 5.73 Å². The standard InChI is InChI=1S/C8H16N3O2/c1-10(2)4-5-11(3)8(13)6-7(9)12/h6H,4-5H2,1-3H3,(H2,9,12). The summed E-state index contributed by atoms with van der Waals surface area (Å²) in [6.45, 7) is 1.34. The van der Waals surface area contributed by atoms with Gasteiger partial charge in [-0.15, -0.1) is 0 Å². The van der Waals surface area contributed by atoms with Crippen LogP contribution in [0.15, 0.2) is 0 Å². The van der Waals surface area contributed by atoms with E-state index in [-0.39, 0.29) is 5.91 Å². The fourth-order valence-electron chi connectivity index (χ4n) is 0.692. The van der Waals surface area contributed by atoms with Gasteiger partial charge in [0.2, 0.25) is 11.8 Å². The fraction of sp³-hybridized carbons (Fsp3) is 0.625. The molecule has 0 fully saturated rings. The summed E-state index contributed by atoms with van der Waals surface area (Å²) in [5.41, 5.74) is 4.83. The molecule has 0 spiro atoms. The largest absolute Gasteiger partial charge is 0.369 e. The Kier molecular flexibility index (Phi) is 5.06. The number of primary amides is 1. The van der Waals surface area contributed by atoms with Crippen LogP contribution in [-0.2, 0) is 9.59 Å². The van der Waals surface area contributed by atoms with Crippen molar-refractivity contribution in [3.63, 3.8) is 0 Å². The molecule has 0 rings (SSSR count). The molecule has 5 heteroatoms. The first-order chi connectivity index (χ1) is 5.93. The number of likely N-dealkylation sites (N-methyl/N-ethyl adjacent to an activating group) is 2. The number of carbonyl (C=O) groups excluding carboxylic acids is 2. The Hall–Kier alpha value is -1.10. The van der Waals surface area contributed by atoms with Gasteiger partial charge >= 0.3 is 0 Å². The molecule has 2 N–H and O–H groups in total. The van der Waals surface area contributed by atoms with Gasteiger partial charge in [-0.05, 0) is 14.1 Å². The zero-order valence-corrected chi connectivity index (χ0v) is 8.28. The summed E-state index contributed by atoms with van der Waals surface area (Å²) in [4.78, 5) is 24.9. The van der Waals surface area contributed by atoms with E-state index in [2.05, 4.69) is 0 Å². The predicted octanol–water partition coefficient (Wildman–Crippen LogP) is -1.30. The van der Waals surface area contributed by atoms with Gasteiger partial charge in [-0.3, -0.25) is 9.59 Å². The molecule has 0 aromatic heterocycles. The van der Waals surface area contributed by atoms with Crippen LogP contribution in [0.5, 0.6) is 0 Å². The van der Waals surface area contributed by atoms with E-state index in [1.807, 2.05) is 19.0 Å². The van der Waals surface area contributed by atoms with E-state index in [1.165, 1.54) is 4.90 Å². The summed E-state index contributed by atoms with van der Waals surface area (Å²) in [5.74, 6) is -1.06. The van der Waals surface area contributed by atoms with Gasteiger partial charge in [0, 0.05) is 20.1 Å². The Morgan fingerprint density at radius 1 is 1.23 bits per heavy atom. The zero-order chi connectivity index (χ0) is 10.4. The van der Waals surface area contributed by atoms with Crippen molar-refractivity contribution < 1.29 is 9.59 Å². The highest BCUT2D eigenvalue weighted by Gasteiger charge is 2.11. The molecule has 0 unspecified atom stereocenters. The summed E-state index contributed by atoms with van der Waals surface area (Å²) in [6, 6.07) is 0. The molecule has 0 aromatic carbocycles. The Bertz CT molecular complexity index is 192. The van der Waals surface area contributed by atoms with Crippen molar-refractivity contribution in [3.05, 3.63) is 6.42 Å². The highest BCUT2D eigenvalue weighted by Crippen LogP contribution is 1.89. The average molecular weight is 186 g/mol. The van der Waals surface area contributed by atoms with E-state index in [0.29, 0.717) is 6.54 Å². The summed E-state index contributed by atoms with van der Waals surface area (Å²) < 4.78 is 0. The monoisotopic (exact) mass is 186 g/mol. The van der Waals surface area contributed by atoms with Crippen molar-refractivity contribution in [3.8, 4) is 0 Å². The first-order valence-electron chi connectivity index (χ1n) is 3.97. The highest BCUT2D eigenvalue weighted by molar-refractivity contribution is 6.07. The molecule has 1 radical (unpaired) electrons. The van der Waals surface area contributed by atoms with Crippen LogP contribution in [0.25, 0.3) is 0 Å². The van der Waals surface area contributed by atoms with Crippen molar-refractivity contribution in [1.82, 2.24) is 9.80 Å². The lowest BCUT2D eigenvalue weighted by atomic mass is 10.3. The van der Waals surface area contributed by atoms with Crippen LogP contribution in [-0.4, -0.2) is 55.8 Å². The van der Waals surface area contributed by atoms with Crippen LogP contribution in [0.1, 0.15) is 0 Å². The van der Waals surface area contributed by atoms with Crippen molar-refractivity contribution in [2.24, 2.45) is 5.73 Å². The second-order valence-electron chi connectivity index (χ2n) is 3.11. The lowest BCUT2D eigenvalue weighted by molar-refractivity contribution is -0.129. The predicted molar refractivity (Wildman–Crippen MR) is 49.7 cm³/mol. The van der Waals surface area contributed by atoms with Gasteiger partial charge in [0.05, 0.1) is 0 Å². The summed E-state index contributed by atoms with van der Waals surface area (Å²) >= 11 is 0. The molecule has 0 saturated carbocycles. The number of nitrogens with zero attached hydrogens (tertiary/aromatic N) is 2. The summed E-state index contributed by atoms with van der Waals surface area (Å²) in [5, 5.41) is 0. The smallest absolute Gasteiger partial charge is 0.236 e. The molecule has 0 saturated heterocycles. The van der Waals surface area contributed by atoms with E-state index in [0.717, 1.165) is 13.0 Å². The maximum absolute atomic E-state index is 11.1. The molecular formula is C8H16N3O2. The second kappa shape index (κ2) is 5.53. The highest BCUT2D eigenvalue weighted by atomic mass is 16.2. The van der Waals surface area contributed by atoms with Gasteiger partial charge < -0.3 is 15.5 Å². The lowest BCUT2D eigenvalue weighted by Crippen LogP contribution is -2.36. The number of rotatable bonds is 5. The minimum atomic E-state index is -0.707. The molecule has 0 aliphatic carbocycles. The molecule has 0 aromatic rings. The van der Waals surface area contributed by atoms with Crippen LogP contribution in [0.2, 0.25) is 0 Å². The van der Waals surface area contributed by atoms with Gasteiger partial charge in [0.15, 0.2) is 0 Å². The SMILES string of the molecule is CN(C)CCN(C)C(=O)[CH]C(N)=O. The third-order valence-corrected chi connectivity index (χ3v) is 1.52. The Balaban J connectivity index is 3.76. The van der Waals surface area contributed by atoms with Crippen molar-refractivity contribution in [1.29, 1.82) is 0 Å². The van der Waals surface area contributed by atoms with Crippen LogP contribution in [0, 0.1) is 6.42 Å². The number of carbonyl (C=O) groups is 2. The molecule has 0 bridgehead atoms. The average Bonchev–Trinajstić information content (AvgIpc) is 1.98. The van der Waals surface area contributed by atoms with Gasteiger partial charge in [-0.2, -0.15) is 0 Å². The quantitative estimate of drug-likeness (QED) is 0.542.